The SMILES string of the molecule is C[C@@H](O)c1nc2ccccc2n1CCCCOc1ccccc1. The molecule has 0 aliphatic rings. The molecule has 0 aliphatic carbocycles. The standard InChI is InChI=1S/C19H22N2O2/c1-15(22)19-20-17-11-5-6-12-18(17)21(19)13-7-8-14-23-16-9-3-2-4-10-16/h2-6,9-12,15,22H,7-8,13-14H2,1H3/t15-/m1/s1. The number of ether oxygens (including phenoxy) is 1. The molecule has 2 aromatic carbocycles. The summed E-state index contributed by atoms with van der Waals surface area (Å²) in [5, 5.41) is 9.95. The van der Waals surface area contributed by atoms with E-state index in [-0.39, 0.29) is 0 Å². The Hall–Kier alpha value is -2.33. The Bertz CT molecular complexity index is 750. The van der Waals surface area contributed by atoms with E-state index in [1.807, 2.05) is 48.5 Å². The van der Waals surface area contributed by atoms with E-state index in [2.05, 4.69) is 15.6 Å². The number of rotatable bonds is 7. The van der Waals surface area contributed by atoms with Crippen LogP contribution in [-0.2, 0) is 6.54 Å². The number of unbranched alkanes of at least 4 members (excludes halogenated alkanes) is 1. The van der Waals surface area contributed by atoms with Crippen molar-refractivity contribution in [1.29, 1.82) is 0 Å². The molecule has 23 heavy (non-hydrogen) atoms. The number of fused-ring (bicyclic) bond motifs is 1. The summed E-state index contributed by atoms with van der Waals surface area (Å²) in [6, 6.07) is 17.9. The Balaban J connectivity index is 1.59. The molecule has 0 spiro atoms. The fourth-order valence-corrected chi connectivity index (χ4v) is 2.73. The fraction of sp³-hybridized carbons (Fsp3) is 0.316. The van der Waals surface area contributed by atoms with Crippen LogP contribution in [-0.4, -0.2) is 21.3 Å². The Kier molecular flexibility index (Phi) is 4.93. The summed E-state index contributed by atoms with van der Waals surface area (Å²) in [4.78, 5) is 4.54. The molecule has 3 aromatic rings. The van der Waals surface area contributed by atoms with Gasteiger partial charge in [0, 0.05) is 6.54 Å². The topological polar surface area (TPSA) is 47.3 Å². The first-order valence-electron chi connectivity index (χ1n) is 8.07. The Morgan fingerprint density at radius 2 is 1.78 bits per heavy atom. The lowest BCUT2D eigenvalue weighted by Gasteiger charge is -2.11. The molecule has 4 nitrogen and oxygen atoms in total. The maximum absolute atomic E-state index is 9.95. The van der Waals surface area contributed by atoms with Gasteiger partial charge in [0.05, 0.1) is 17.6 Å². The zero-order valence-corrected chi connectivity index (χ0v) is 13.4. The van der Waals surface area contributed by atoms with Gasteiger partial charge in [-0.3, -0.25) is 0 Å². The number of hydrogen-bond acceptors (Lipinski definition) is 3. The first-order chi connectivity index (χ1) is 11.3. The highest BCUT2D eigenvalue weighted by molar-refractivity contribution is 5.75. The van der Waals surface area contributed by atoms with E-state index < -0.39 is 6.10 Å². The lowest BCUT2D eigenvalue weighted by Crippen LogP contribution is -2.08. The van der Waals surface area contributed by atoms with Crippen LogP contribution in [0.25, 0.3) is 11.0 Å². The molecular formula is C19H22N2O2. The molecule has 0 saturated carbocycles. The molecule has 1 aromatic heterocycles. The van der Waals surface area contributed by atoms with Crippen LogP contribution in [0.2, 0.25) is 0 Å². The van der Waals surface area contributed by atoms with Crippen LogP contribution in [0.1, 0.15) is 31.7 Å². The number of aliphatic hydroxyl groups is 1. The van der Waals surface area contributed by atoms with Gasteiger partial charge in [0.2, 0.25) is 0 Å². The number of para-hydroxylation sites is 3. The van der Waals surface area contributed by atoms with Gasteiger partial charge in [0.15, 0.2) is 0 Å². The highest BCUT2D eigenvalue weighted by atomic mass is 16.5. The minimum atomic E-state index is -0.567. The zero-order valence-electron chi connectivity index (χ0n) is 13.4. The van der Waals surface area contributed by atoms with Crippen molar-refractivity contribution in [3.05, 3.63) is 60.4 Å². The number of nitrogens with zero attached hydrogens (tertiary/aromatic N) is 2. The highest BCUT2D eigenvalue weighted by Crippen LogP contribution is 2.21. The maximum Gasteiger partial charge on any atom is 0.138 e. The van der Waals surface area contributed by atoms with Crippen LogP contribution in [0.5, 0.6) is 5.75 Å². The maximum atomic E-state index is 9.95. The van der Waals surface area contributed by atoms with Crippen LogP contribution in [0.15, 0.2) is 54.6 Å². The van der Waals surface area contributed by atoms with Crippen molar-refractivity contribution in [2.24, 2.45) is 0 Å². The highest BCUT2D eigenvalue weighted by Gasteiger charge is 2.13. The smallest absolute Gasteiger partial charge is 0.138 e. The first-order valence-corrected chi connectivity index (χ1v) is 8.07. The monoisotopic (exact) mass is 310 g/mol. The van der Waals surface area contributed by atoms with Crippen molar-refractivity contribution in [3.8, 4) is 5.75 Å². The molecule has 0 radical (unpaired) electrons. The largest absolute Gasteiger partial charge is 0.494 e. The number of aryl methyl sites for hydroxylation is 1. The van der Waals surface area contributed by atoms with Crippen molar-refractivity contribution < 1.29 is 9.84 Å². The number of benzene rings is 2. The molecule has 0 unspecified atom stereocenters. The van der Waals surface area contributed by atoms with E-state index in [4.69, 9.17) is 4.74 Å². The second-order valence-corrected chi connectivity index (χ2v) is 5.65. The second kappa shape index (κ2) is 7.29. The predicted molar refractivity (Wildman–Crippen MR) is 91.5 cm³/mol. The molecule has 0 aliphatic heterocycles. The summed E-state index contributed by atoms with van der Waals surface area (Å²) in [7, 11) is 0. The molecule has 4 heteroatoms. The van der Waals surface area contributed by atoms with Crippen LogP contribution in [0.3, 0.4) is 0 Å². The summed E-state index contributed by atoms with van der Waals surface area (Å²) in [6.07, 6.45) is 1.37. The van der Waals surface area contributed by atoms with Crippen molar-refractivity contribution >= 4 is 11.0 Å². The Morgan fingerprint density at radius 3 is 2.57 bits per heavy atom. The van der Waals surface area contributed by atoms with E-state index in [9.17, 15) is 5.11 Å². The van der Waals surface area contributed by atoms with Crippen molar-refractivity contribution in [1.82, 2.24) is 9.55 Å². The molecule has 0 saturated heterocycles. The zero-order chi connectivity index (χ0) is 16.1. The van der Waals surface area contributed by atoms with Crippen molar-refractivity contribution in [2.45, 2.75) is 32.4 Å². The molecule has 1 N–H and O–H groups in total. The van der Waals surface area contributed by atoms with Gasteiger partial charge in [-0.2, -0.15) is 0 Å². The van der Waals surface area contributed by atoms with Gasteiger partial charge in [-0.25, -0.2) is 4.98 Å². The minimum Gasteiger partial charge on any atom is -0.494 e. The Labute approximate surface area is 136 Å². The third-order valence-electron chi connectivity index (χ3n) is 3.85. The number of aliphatic hydroxyl groups excluding tert-OH is 1. The molecule has 1 heterocycles. The van der Waals surface area contributed by atoms with Crippen LogP contribution in [0, 0.1) is 0 Å². The first kappa shape index (κ1) is 15.6. The number of hydrogen-bond donors (Lipinski definition) is 1. The Morgan fingerprint density at radius 1 is 1.04 bits per heavy atom. The van der Waals surface area contributed by atoms with E-state index in [0.717, 1.165) is 42.0 Å². The second-order valence-electron chi connectivity index (χ2n) is 5.65. The normalized spacial score (nSPS) is 12.4. The van der Waals surface area contributed by atoms with Gasteiger partial charge in [0.25, 0.3) is 0 Å². The van der Waals surface area contributed by atoms with Crippen LogP contribution >= 0.6 is 0 Å². The van der Waals surface area contributed by atoms with Gasteiger partial charge >= 0.3 is 0 Å². The van der Waals surface area contributed by atoms with Gasteiger partial charge in [-0.1, -0.05) is 30.3 Å². The van der Waals surface area contributed by atoms with E-state index in [0.29, 0.717) is 6.61 Å². The summed E-state index contributed by atoms with van der Waals surface area (Å²) in [5.74, 6) is 1.64. The van der Waals surface area contributed by atoms with Gasteiger partial charge < -0.3 is 14.4 Å². The molecule has 0 amide bonds. The predicted octanol–water partition coefficient (Wildman–Crippen LogP) is 3.95. The third-order valence-corrected chi connectivity index (χ3v) is 3.85. The van der Waals surface area contributed by atoms with Crippen molar-refractivity contribution in [2.75, 3.05) is 6.61 Å². The number of imidazole rings is 1. The van der Waals surface area contributed by atoms with Crippen LogP contribution in [0.4, 0.5) is 0 Å². The molecular weight excluding hydrogens is 288 g/mol. The molecule has 1 atom stereocenters. The molecule has 0 bridgehead atoms. The lowest BCUT2D eigenvalue weighted by molar-refractivity contribution is 0.184. The summed E-state index contributed by atoms with van der Waals surface area (Å²) in [5.41, 5.74) is 2.01. The van der Waals surface area contributed by atoms with E-state index >= 15 is 0 Å². The van der Waals surface area contributed by atoms with Gasteiger partial charge in [-0.15, -0.1) is 0 Å². The fourth-order valence-electron chi connectivity index (χ4n) is 2.73. The average molecular weight is 310 g/mol. The quantitative estimate of drug-likeness (QED) is 0.672. The summed E-state index contributed by atoms with van der Waals surface area (Å²) in [6.45, 7) is 3.29. The average Bonchev–Trinajstić information content (AvgIpc) is 2.95. The molecule has 0 fully saturated rings. The summed E-state index contributed by atoms with van der Waals surface area (Å²) < 4.78 is 7.83. The molecule has 120 valence electrons. The van der Waals surface area contributed by atoms with Crippen LogP contribution < -0.4 is 4.74 Å². The minimum absolute atomic E-state index is 0.567. The van der Waals surface area contributed by atoms with Crippen molar-refractivity contribution in [3.63, 3.8) is 0 Å². The van der Waals surface area contributed by atoms with Gasteiger partial charge in [0.1, 0.15) is 17.7 Å². The number of aromatic nitrogens is 2. The van der Waals surface area contributed by atoms with E-state index in [1.54, 1.807) is 6.92 Å². The molecule has 3 rings (SSSR count). The van der Waals surface area contributed by atoms with Gasteiger partial charge in [-0.05, 0) is 44.0 Å². The van der Waals surface area contributed by atoms with E-state index in [1.165, 1.54) is 0 Å². The third kappa shape index (κ3) is 3.71. The lowest BCUT2D eigenvalue weighted by atomic mass is 10.2. The summed E-state index contributed by atoms with van der Waals surface area (Å²) >= 11 is 0.